The van der Waals surface area contributed by atoms with Crippen LogP contribution in [0.3, 0.4) is 0 Å². The Morgan fingerprint density at radius 1 is 0.926 bits per heavy atom. The van der Waals surface area contributed by atoms with E-state index < -0.39 is 0 Å². The first-order valence-electron chi connectivity index (χ1n) is 9.49. The van der Waals surface area contributed by atoms with Gasteiger partial charge in [0.2, 0.25) is 0 Å². The molecule has 0 N–H and O–H groups in total. The topological polar surface area (TPSA) is 26.3 Å². The molecule has 146 valence electrons. The molecule has 0 bridgehead atoms. The number of hydrogen-bond donors (Lipinski definition) is 0. The molecule has 0 radical (unpaired) electrons. The van der Waals surface area contributed by atoms with E-state index in [1.807, 2.05) is 30.3 Å². The zero-order valence-corrected chi connectivity index (χ0v) is 19.3. The minimum absolute atomic E-state index is 0. The Morgan fingerprint density at radius 3 is 2.30 bits per heavy atom. The van der Waals surface area contributed by atoms with Crippen LogP contribution in [0.2, 0.25) is 0 Å². The maximum absolute atomic E-state index is 12.8. The first-order valence-corrected chi connectivity index (χ1v) is 10.3. The smallest absolute Gasteiger partial charge is 0.195 e. The van der Waals surface area contributed by atoms with E-state index in [-0.39, 0.29) is 29.4 Å². The van der Waals surface area contributed by atoms with Crippen molar-refractivity contribution >= 4 is 31.5 Å². The lowest BCUT2D eigenvalue weighted by atomic mass is 10.1. The molecule has 1 aromatic heterocycles. The lowest BCUT2D eigenvalue weighted by molar-refractivity contribution is -0.923. The predicted octanol–water partition coefficient (Wildman–Crippen LogP) is 1.81. The van der Waals surface area contributed by atoms with Crippen molar-refractivity contribution in [3.63, 3.8) is 0 Å². The van der Waals surface area contributed by atoms with Crippen LogP contribution < -0.4 is 29.4 Å². The van der Waals surface area contributed by atoms with Gasteiger partial charge in [0.25, 0.3) is 0 Å². The Hall–Kier alpha value is -1.02. The lowest BCUT2D eigenvalue weighted by Crippen LogP contribution is -3.00. The molecule has 0 saturated heterocycles. The molecule has 0 amide bonds. The van der Waals surface area contributed by atoms with E-state index in [2.05, 4.69) is 32.9 Å². The van der Waals surface area contributed by atoms with Crippen molar-refractivity contribution in [3.05, 3.63) is 58.3 Å². The van der Waals surface area contributed by atoms with Gasteiger partial charge in [0.1, 0.15) is 6.54 Å². The van der Waals surface area contributed by atoms with Crippen LogP contribution in [0, 0.1) is 0 Å². The third kappa shape index (κ3) is 4.88. The quantitative estimate of drug-likeness (QED) is 0.206. The molecule has 0 spiro atoms. The molecular weight excluding hydrogens is 469 g/mol. The lowest BCUT2D eigenvalue weighted by Gasteiger charge is -2.35. The van der Waals surface area contributed by atoms with Crippen LogP contribution in [0.5, 0.6) is 0 Å². The Bertz CT molecular complexity index is 942. The highest BCUT2D eigenvalue weighted by molar-refractivity contribution is 7.24. The van der Waals surface area contributed by atoms with Gasteiger partial charge in [-0.05, 0) is 50.6 Å². The largest absolute Gasteiger partial charge is 1.00 e. The first-order chi connectivity index (χ1) is 12.6. The van der Waals surface area contributed by atoms with Crippen molar-refractivity contribution in [2.24, 2.45) is 0 Å². The molecule has 0 aliphatic carbocycles. The number of nitrogens with zero attached hydrogens (tertiary/aromatic N) is 1. The summed E-state index contributed by atoms with van der Waals surface area (Å²) in [5, 5.41) is 1.61. The summed E-state index contributed by atoms with van der Waals surface area (Å²) in [7, 11) is 0. The van der Waals surface area contributed by atoms with Gasteiger partial charge >= 0.3 is 0 Å². The molecule has 3 rings (SSSR count). The van der Waals surface area contributed by atoms with E-state index in [0.717, 1.165) is 63.0 Å². The number of ether oxygens (including phenoxy) is 1. The zero-order valence-electron chi connectivity index (χ0n) is 16.3. The van der Waals surface area contributed by atoms with Crippen molar-refractivity contribution in [2.45, 2.75) is 27.4 Å². The van der Waals surface area contributed by atoms with Gasteiger partial charge in [0.15, 0.2) is 5.43 Å². The van der Waals surface area contributed by atoms with Crippen LogP contribution in [0.25, 0.3) is 20.2 Å². The van der Waals surface area contributed by atoms with Crippen LogP contribution in [0.1, 0.15) is 26.3 Å². The standard InChI is InChI=1S/C22H28NO2S.HI/c1-4-23(5-2,6-3)13-14-25-16-17-11-12-21-19(15-17)22(24)18-9-7-8-10-20(18)26-21;/h7-12,15H,4-6,13-14,16H2,1-3H3;1H/q+1;/p-1. The summed E-state index contributed by atoms with van der Waals surface area (Å²) in [6.07, 6.45) is 0. The number of quaternary nitrogens is 1. The highest BCUT2D eigenvalue weighted by atomic mass is 127. The van der Waals surface area contributed by atoms with E-state index in [9.17, 15) is 4.79 Å². The van der Waals surface area contributed by atoms with Crippen LogP contribution in [-0.4, -0.2) is 37.3 Å². The van der Waals surface area contributed by atoms with E-state index in [1.54, 1.807) is 11.3 Å². The maximum atomic E-state index is 12.8. The van der Waals surface area contributed by atoms with Crippen molar-refractivity contribution in [1.82, 2.24) is 0 Å². The third-order valence-corrected chi connectivity index (χ3v) is 6.78. The van der Waals surface area contributed by atoms with Crippen molar-refractivity contribution in [1.29, 1.82) is 0 Å². The van der Waals surface area contributed by atoms with E-state index in [1.165, 1.54) is 0 Å². The number of halogens is 1. The van der Waals surface area contributed by atoms with Crippen LogP contribution in [-0.2, 0) is 11.3 Å². The van der Waals surface area contributed by atoms with E-state index in [4.69, 9.17) is 4.74 Å². The van der Waals surface area contributed by atoms with E-state index in [0.29, 0.717) is 6.61 Å². The zero-order chi connectivity index (χ0) is 18.6. The summed E-state index contributed by atoms with van der Waals surface area (Å²) in [5.74, 6) is 0. The second-order valence-electron chi connectivity index (χ2n) is 6.82. The predicted molar refractivity (Wildman–Crippen MR) is 112 cm³/mol. The van der Waals surface area contributed by atoms with Crippen LogP contribution >= 0.6 is 11.3 Å². The van der Waals surface area contributed by atoms with Gasteiger partial charge in [0, 0.05) is 20.2 Å². The molecule has 3 aromatic rings. The molecule has 0 unspecified atom stereocenters. The normalized spacial score (nSPS) is 11.7. The summed E-state index contributed by atoms with van der Waals surface area (Å²) in [4.78, 5) is 12.8. The van der Waals surface area contributed by atoms with Gasteiger partial charge in [-0.3, -0.25) is 4.79 Å². The molecular formula is C22H28INO2S. The summed E-state index contributed by atoms with van der Waals surface area (Å²) >= 11 is 1.67. The Labute approximate surface area is 182 Å². The molecule has 1 heterocycles. The fourth-order valence-corrected chi connectivity index (χ4v) is 4.59. The summed E-state index contributed by atoms with van der Waals surface area (Å²) < 4.78 is 9.12. The minimum atomic E-state index is 0. The monoisotopic (exact) mass is 497 g/mol. The summed E-state index contributed by atoms with van der Waals surface area (Å²) in [5.41, 5.74) is 1.19. The SMILES string of the molecule is CC[N+](CC)(CC)CCOCc1ccc2sc3ccccc3c(=O)c2c1.[I-]. The Morgan fingerprint density at radius 2 is 1.59 bits per heavy atom. The Balaban J connectivity index is 0.00000261. The highest BCUT2D eigenvalue weighted by Crippen LogP contribution is 2.25. The van der Waals surface area contributed by atoms with Gasteiger partial charge < -0.3 is 33.2 Å². The average molecular weight is 497 g/mol. The number of benzene rings is 2. The fourth-order valence-electron chi connectivity index (χ4n) is 3.53. The second kappa shape index (κ2) is 9.96. The van der Waals surface area contributed by atoms with Crippen molar-refractivity contribution < 1.29 is 33.2 Å². The van der Waals surface area contributed by atoms with Crippen molar-refractivity contribution in [3.8, 4) is 0 Å². The van der Waals surface area contributed by atoms with Gasteiger partial charge in [-0.1, -0.05) is 18.2 Å². The molecule has 0 atom stereocenters. The first kappa shape index (κ1) is 22.3. The minimum Gasteiger partial charge on any atom is -1.00 e. The summed E-state index contributed by atoms with van der Waals surface area (Å²) in [6, 6.07) is 14.0. The summed E-state index contributed by atoms with van der Waals surface area (Å²) in [6.45, 7) is 12.5. The molecule has 0 aliphatic rings. The van der Waals surface area contributed by atoms with Gasteiger partial charge in [0.05, 0.1) is 32.8 Å². The van der Waals surface area contributed by atoms with Crippen LogP contribution in [0.15, 0.2) is 47.3 Å². The van der Waals surface area contributed by atoms with Crippen LogP contribution in [0.4, 0.5) is 0 Å². The van der Waals surface area contributed by atoms with E-state index >= 15 is 0 Å². The number of likely N-dealkylation sites (N-methyl/N-ethyl adjacent to an activating group) is 1. The number of hydrogen-bond acceptors (Lipinski definition) is 3. The average Bonchev–Trinajstić information content (AvgIpc) is 2.69. The molecule has 0 saturated carbocycles. The number of fused-ring (bicyclic) bond motifs is 2. The van der Waals surface area contributed by atoms with Gasteiger partial charge in [-0.15, -0.1) is 11.3 Å². The number of rotatable bonds is 8. The fraction of sp³-hybridized carbons (Fsp3) is 0.409. The molecule has 0 aliphatic heterocycles. The highest BCUT2D eigenvalue weighted by Gasteiger charge is 2.19. The second-order valence-corrected chi connectivity index (χ2v) is 7.91. The molecule has 2 aromatic carbocycles. The van der Waals surface area contributed by atoms with Gasteiger partial charge in [-0.2, -0.15) is 0 Å². The molecule has 0 fully saturated rings. The Kier molecular flexibility index (Phi) is 8.21. The third-order valence-electron chi connectivity index (χ3n) is 5.63. The van der Waals surface area contributed by atoms with Crippen molar-refractivity contribution in [2.75, 3.05) is 32.8 Å². The van der Waals surface area contributed by atoms with Gasteiger partial charge in [-0.25, -0.2) is 0 Å². The molecule has 27 heavy (non-hydrogen) atoms. The maximum Gasteiger partial charge on any atom is 0.195 e. The molecule has 5 heteroatoms. The molecule has 3 nitrogen and oxygen atoms in total.